The summed E-state index contributed by atoms with van der Waals surface area (Å²) >= 11 is 0. The summed E-state index contributed by atoms with van der Waals surface area (Å²) in [5.41, 5.74) is 0. The molecule has 0 atom stereocenters. The molecule has 0 saturated heterocycles. The van der Waals surface area contributed by atoms with Crippen LogP contribution in [0, 0.1) is 0 Å². The molecule has 0 amide bonds. The van der Waals surface area contributed by atoms with E-state index in [2.05, 4.69) is 13.2 Å². The van der Waals surface area contributed by atoms with E-state index in [1.165, 1.54) is 8.78 Å². The zero-order valence-corrected chi connectivity index (χ0v) is 4.69. The molecule has 0 aliphatic heterocycles. The van der Waals surface area contributed by atoms with Crippen molar-refractivity contribution >= 4 is 8.78 Å². The fourth-order valence-electron chi connectivity index (χ4n) is 0.407. The van der Waals surface area contributed by atoms with E-state index in [0.717, 1.165) is 12.3 Å². The molecule has 0 saturated carbocycles. The van der Waals surface area contributed by atoms with Crippen LogP contribution >= 0.6 is 0 Å². The Morgan fingerprint density at radius 1 is 1.14 bits per heavy atom. The third kappa shape index (κ3) is 5.65. The number of rotatable bonds is 4. The standard InChI is InChI=1S/2C3H5.Be/c2*1-3-2;/h2*3H,1-2H2;. The maximum atomic E-state index is 3.60. The van der Waals surface area contributed by atoms with Gasteiger partial charge in [0.15, 0.2) is 0 Å². The molecule has 0 aromatic rings. The molecule has 0 fully saturated rings. The molecule has 0 bridgehead atoms. The molecule has 0 spiro atoms. The predicted molar refractivity (Wildman–Crippen MR) is 35.8 cm³/mol. The second-order valence-corrected chi connectivity index (χ2v) is 1.51. The van der Waals surface area contributed by atoms with Crippen LogP contribution in [0.25, 0.3) is 0 Å². The Hall–Kier alpha value is -0.351. The van der Waals surface area contributed by atoms with Crippen LogP contribution in [0.15, 0.2) is 25.3 Å². The van der Waals surface area contributed by atoms with E-state index in [0.29, 0.717) is 0 Å². The van der Waals surface area contributed by atoms with E-state index in [1.807, 2.05) is 12.2 Å². The van der Waals surface area contributed by atoms with Gasteiger partial charge in [0.2, 0.25) is 0 Å². The van der Waals surface area contributed by atoms with Crippen molar-refractivity contribution in [3.63, 3.8) is 0 Å². The van der Waals surface area contributed by atoms with Crippen molar-refractivity contribution in [2.45, 2.75) is 12.3 Å². The summed E-state index contributed by atoms with van der Waals surface area (Å²) in [5.74, 6) is 0. The second kappa shape index (κ2) is 5.65. The SMILES string of the molecule is C=C[CH2][Be][CH2]C=C. The van der Waals surface area contributed by atoms with Crippen LogP contribution < -0.4 is 0 Å². The van der Waals surface area contributed by atoms with Crippen LogP contribution in [0.2, 0.25) is 12.3 Å². The van der Waals surface area contributed by atoms with Crippen molar-refractivity contribution in [1.82, 2.24) is 0 Å². The first-order chi connectivity index (χ1) is 3.41. The second-order valence-electron chi connectivity index (χ2n) is 1.51. The molecule has 7 heavy (non-hydrogen) atoms. The van der Waals surface area contributed by atoms with Gasteiger partial charge in [0.05, 0.1) is 0 Å². The van der Waals surface area contributed by atoms with Gasteiger partial charge >= 0.3 is 46.4 Å². The van der Waals surface area contributed by atoms with Crippen molar-refractivity contribution in [3.8, 4) is 0 Å². The van der Waals surface area contributed by atoms with E-state index < -0.39 is 0 Å². The van der Waals surface area contributed by atoms with E-state index >= 15 is 0 Å². The molecule has 0 aromatic heterocycles. The van der Waals surface area contributed by atoms with Gasteiger partial charge in [-0.25, -0.2) is 0 Å². The summed E-state index contributed by atoms with van der Waals surface area (Å²) in [5, 5.41) is 0. The normalized spacial score (nSPS) is 6.86. The minimum atomic E-state index is 1.12. The van der Waals surface area contributed by atoms with Crippen molar-refractivity contribution < 1.29 is 0 Å². The van der Waals surface area contributed by atoms with Crippen LogP contribution in [0.5, 0.6) is 0 Å². The summed E-state index contributed by atoms with van der Waals surface area (Å²) in [7, 11) is 1.20. The summed E-state index contributed by atoms with van der Waals surface area (Å²) in [4.78, 5) is 0. The maximum absolute atomic E-state index is 3.60. The zero-order chi connectivity index (χ0) is 5.54. The Morgan fingerprint density at radius 2 is 1.57 bits per heavy atom. The predicted octanol–water partition coefficient (Wildman–Crippen LogP) is 1.90. The van der Waals surface area contributed by atoms with Crippen molar-refractivity contribution in [2.75, 3.05) is 0 Å². The molecule has 36 valence electrons. The number of hydrogen-bond acceptors (Lipinski definition) is 0. The number of allylic oxidation sites excluding steroid dienone is 2. The first-order valence-corrected chi connectivity index (χ1v) is 2.63. The van der Waals surface area contributed by atoms with Crippen molar-refractivity contribution in [2.24, 2.45) is 0 Å². The van der Waals surface area contributed by atoms with Gasteiger partial charge in [0.25, 0.3) is 0 Å². The van der Waals surface area contributed by atoms with E-state index in [-0.39, 0.29) is 0 Å². The Bertz CT molecular complexity index is 49.2. The molecule has 0 aliphatic carbocycles. The van der Waals surface area contributed by atoms with Crippen molar-refractivity contribution in [1.29, 1.82) is 0 Å². The fourth-order valence-corrected chi connectivity index (χ4v) is 0.407. The topological polar surface area (TPSA) is 0 Å². The van der Waals surface area contributed by atoms with Gasteiger partial charge in [-0.15, -0.1) is 0 Å². The first-order valence-electron chi connectivity index (χ1n) is 2.63. The third-order valence-electron chi connectivity index (χ3n) is 0.816. The molecular formula is C6H10Be. The van der Waals surface area contributed by atoms with Crippen LogP contribution in [-0.4, -0.2) is 8.78 Å². The van der Waals surface area contributed by atoms with Gasteiger partial charge in [-0.2, -0.15) is 0 Å². The summed E-state index contributed by atoms with van der Waals surface area (Å²) in [6.07, 6.45) is 6.10. The quantitative estimate of drug-likeness (QED) is 0.281. The van der Waals surface area contributed by atoms with Gasteiger partial charge in [-0.3, -0.25) is 0 Å². The van der Waals surface area contributed by atoms with Gasteiger partial charge in [-0.05, 0) is 0 Å². The first kappa shape index (κ1) is 6.65. The Labute approximate surface area is 47.2 Å². The van der Waals surface area contributed by atoms with Crippen LogP contribution in [0.4, 0.5) is 0 Å². The molecule has 1 heteroatoms. The molecular weight excluding hydrogens is 81.1 g/mol. The molecule has 0 aromatic carbocycles. The molecule has 0 nitrogen and oxygen atoms in total. The van der Waals surface area contributed by atoms with Crippen molar-refractivity contribution in [3.05, 3.63) is 25.3 Å². The van der Waals surface area contributed by atoms with Gasteiger partial charge < -0.3 is 0 Å². The van der Waals surface area contributed by atoms with E-state index in [9.17, 15) is 0 Å². The monoisotopic (exact) mass is 91.1 g/mol. The average Bonchev–Trinajstić information content (AvgIpc) is 1.69. The fraction of sp³-hybridized carbons (Fsp3) is 0.333. The van der Waals surface area contributed by atoms with Crippen LogP contribution in [-0.2, 0) is 0 Å². The number of hydrogen-bond donors (Lipinski definition) is 0. The minimum absolute atomic E-state index is 1.12. The molecule has 0 rings (SSSR count). The Kier molecular flexibility index (Phi) is 5.37. The molecule has 0 heterocycles. The average molecular weight is 91.2 g/mol. The molecule has 0 unspecified atom stereocenters. The van der Waals surface area contributed by atoms with Gasteiger partial charge in [-0.1, -0.05) is 0 Å². The molecule has 0 radical (unpaired) electrons. The zero-order valence-electron chi connectivity index (χ0n) is 4.69. The summed E-state index contributed by atoms with van der Waals surface area (Å²) in [6.45, 7) is 7.20. The Morgan fingerprint density at radius 3 is 1.86 bits per heavy atom. The van der Waals surface area contributed by atoms with Gasteiger partial charge in [0, 0.05) is 0 Å². The van der Waals surface area contributed by atoms with Gasteiger partial charge in [0.1, 0.15) is 0 Å². The van der Waals surface area contributed by atoms with E-state index in [1.54, 1.807) is 0 Å². The molecule has 0 N–H and O–H groups in total. The third-order valence-corrected chi connectivity index (χ3v) is 0.816. The molecule has 0 aliphatic rings. The summed E-state index contributed by atoms with van der Waals surface area (Å²) in [6, 6.07) is 0. The van der Waals surface area contributed by atoms with Crippen LogP contribution in [0.3, 0.4) is 0 Å². The summed E-state index contributed by atoms with van der Waals surface area (Å²) < 4.78 is 0. The Balaban J connectivity index is 2.68. The van der Waals surface area contributed by atoms with E-state index in [4.69, 9.17) is 0 Å². The van der Waals surface area contributed by atoms with Crippen LogP contribution in [0.1, 0.15) is 0 Å².